The third kappa shape index (κ3) is 4.29. The molecular formula is C16H21Cl2N3O2. The summed E-state index contributed by atoms with van der Waals surface area (Å²) in [5.41, 5.74) is 0. The number of likely N-dealkylation sites (tertiary alicyclic amines) is 1. The zero-order valence-corrected chi connectivity index (χ0v) is 14.4. The number of halogens is 2. The minimum Gasteiger partial charge on any atom is -0.484 e. The van der Waals surface area contributed by atoms with Gasteiger partial charge >= 0.3 is 0 Å². The summed E-state index contributed by atoms with van der Waals surface area (Å²) in [7, 11) is 0. The number of amides is 1. The van der Waals surface area contributed by atoms with Gasteiger partial charge in [-0.05, 0) is 18.6 Å². The first-order valence-electron chi connectivity index (χ1n) is 7.94. The standard InChI is InChI=1S/C16H21Cl2N3O2/c17-14-2-1-13(9-15(14)18)23-11-16(22)21-6-3-12(10-21)20-7-4-19-5-8-20/h1-2,9,12,19H,3-8,10-11H2. The molecule has 0 saturated carbocycles. The number of carbonyl (C=O) groups is 1. The van der Waals surface area contributed by atoms with E-state index in [9.17, 15) is 4.79 Å². The molecule has 7 heteroatoms. The van der Waals surface area contributed by atoms with Gasteiger partial charge in [0.25, 0.3) is 5.91 Å². The van der Waals surface area contributed by atoms with Gasteiger partial charge in [0.15, 0.2) is 6.61 Å². The van der Waals surface area contributed by atoms with Gasteiger partial charge in [-0.3, -0.25) is 9.69 Å². The molecule has 0 radical (unpaired) electrons. The molecule has 0 spiro atoms. The summed E-state index contributed by atoms with van der Waals surface area (Å²) in [6.07, 6.45) is 1.04. The Morgan fingerprint density at radius 2 is 2.00 bits per heavy atom. The molecule has 0 aliphatic carbocycles. The van der Waals surface area contributed by atoms with E-state index >= 15 is 0 Å². The van der Waals surface area contributed by atoms with Crippen LogP contribution in [0.25, 0.3) is 0 Å². The second kappa shape index (κ2) is 7.71. The van der Waals surface area contributed by atoms with Crippen LogP contribution in [0.1, 0.15) is 6.42 Å². The first-order valence-corrected chi connectivity index (χ1v) is 8.69. The van der Waals surface area contributed by atoms with E-state index in [4.69, 9.17) is 27.9 Å². The monoisotopic (exact) mass is 357 g/mol. The summed E-state index contributed by atoms with van der Waals surface area (Å²) in [4.78, 5) is 16.7. The minimum atomic E-state index is 0.0220. The Balaban J connectivity index is 1.48. The van der Waals surface area contributed by atoms with Crippen molar-refractivity contribution >= 4 is 29.1 Å². The van der Waals surface area contributed by atoms with E-state index in [1.165, 1.54) is 0 Å². The molecule has 126 valence electrons. The fourth-order valence-electron chi connectivity index (χ4n) is 3.12. The molecule has 2 heterocycles. The largest absolute Gasteiger partial charge is 0.484 e. The number of carbonyl (C=O) groups excluding carboxylic acids is 1. The molecule has 0 bridgehead atoms. The van der Waals surface area contributed by atoms with E-state index in [2.05, 4.69) is 10.2 Å². The Labute approximate surface area is 146 Å². The smallest absolute Gasteiger partial charge is 0.260 e. The minimum absolute atomic E-state index is 0.0220. The lowest BCUT2D eigenvalue weighted by molar-refractivity contribution is -0.132. The number of hydrogen-bond acceptors (Lipinski definition) is 4. The highest BCUT2D eigenvalue weighted by Crippen LogP contribution is 2.26. The summed E-state index contributed by atoms with van der Waals surface area (Å²) < 4.78 is 5.54. The summed E-state index contributed by atoms with van der Waals surface area (Å²) in [5.74, 6) is 0.583. The molecule has 2 aliphatic rings. The molecule has 3 rings (SSSR count). The topological polar surface area (TPSA) is 44.8 Å². The van der Waals surface area contributed by atoms with Gasteiger partial charge in [0.2, 0.25) is 0 Å². The lowest BCUT2D eigenvalue weighted by Crippen LogP contribution is -2.49. The van der Waals surface area contributed by atoms with E-state index in [1.54, 1.807) is 18.2 Å². The van der Waals surface area contributed by atoms with E-state index in [-0.39, 0.29) is 12.5 Å². The lowest BCUT2D eigenvalue weighted by Gasteiger charge is -2.32. The maximum atomic E-state index is 12.3. The molecule has 2 saturated heterocycles. The van der Waals surface area contributed by atoms with Gasteiger partial charge in [0.1, 0.15) is 5.75 Å². The molecule has 1 aromatic carbocycles. The predicted octanol–water partition coefficient (Wildman–Crippen LogP) is 1.88. The molecule has 1 aromatic rings. The van der Waals surface area contributed by atoms with Crippen molar-refractivity contribution < 1.29 is 9.53 Å². The normalized spacial score (nSPS) is 22.3. The van der Waals surface area contributed by atoms with Crippen LogP contribution >= 0.6 is 23.2 Å². The van der Waals surface area contributed by atoms with Gasteiger partial charge in [0.05, 0.1) is 10.0 Å². The van der Waals surface area contributed by atoms with Crippen molar-refractivity contribution in [3.8, 4) is 5.75 Å². The summed E-state index contributed by atoms with van der Waals surface area (Å²) in [6.45, 7) is 5.82. The number of nitrogens with zero attached hydrogens (tertiary/aromatic N) is 2. The van der Waals surface area contributed by atoms with Gasteiger partial charge in [0, 0.05) is 51.4 Å². The summed E-state index contributed by atoms with van der Waals surface area (Å²) in [5, 5.41) is 4.26. The third-order valence-electron chi connectivity index (χ3n) is 4.44. The van der Waals surface area contributed by atoms with Crippen LogP contribution in [0, 0.1) is 0 Å². The van der Waals surface area contributed by atoms with E-state index in [1.807, 2.05) is 4.90 Å². The van der Waals surface area contributed by atoms with Crippen molar-refractivity contribution in [3.05, 3.63) is 28.2 Å². The Bertz CT molecular complexity index is 564. The van der Waals surface area contributed by atoms with Gasteiger partial charge in [-0.2, -0.15) is 0 Å². The van der Waals surface area contributed by atoms with Crippen LogP contribution < -0.4 is 10.1 Å². The zero-order chi connectivity index (χ0) is 16.2. The highest BCUT2D eigenvalue weighted by Gasteiger charge is 2.30. The molecule has 0 aromatic heterocycles. The first kappa shape index (κ1) is 16.8. The molecule has 5 nitrogen and oxygen atoms in total. The molecule has 2 fully saturated rings. The molecular weight excluding hydrogens is 337 g/mol. The Hall–Kier alpha value is -1.01. The van der Waals surface area contributed by atoms with Crippen LogP contribution in [0.4, 0.5) is 0 Å². The zero-order valence-electron chi connectivity index (χ0n) is 12.9. The van der Waals surface area contributed by atoms with Crippen LogP contribution in [0.3, 0.4) is 0 Å². The van der Waals surface area contributed by atoms with Crippen molar-refractivity contribution in [2.75, 3.05) is 45.9 Å². The van der Waals surface area contributed by atoms with Crippen LogP contribution in [0.5, 0.6) is 5.75 Å². The maximum Gasteiger partial charge on any atom is 0.260 e. The Kier molecular flexibility index (Phi) is 5.64. The number of benzene rings is 1. The number of rotatable bonds is 4. The van der Waals surface area contributed by atoms with Crippen LogP contribution in [-0.2, 0) is 4.79 Å². The fraction of sp³-hybridized carbons (Fsp3) is 0.562. The quantitative estimate of drug-likeness (QED) is 0.893. The number of nitrogens with one attached hydrogen (secondary N) is 1. The molecule has 1 N–H and O–H groups in total. The van der Waals surface area contributed by atoms with Crippen molar-refractivity contribution in [1.29, 1.82) is 0 Å². The second-order valence-electron chi connectivity index (χ2n) is 5.93. The summed E-state index contributed by atoms with van der Waals surface area (Å²) in [6, 6.07) is 5.49. The molecule has 1 amide bonds. The Morgan fingerprint density at radius 3 is 2.74 bits per heavy atom. The maximum absolute atomic E-state index is 12.3. The van der Waals surface area contributed by atoms with E-state index in [0.29, 0.717) is 21.8 Å². The highest BCUT2D eigenvalue weighted by atomic mass is 35.5. The van der Waals surface area contributed by atoms with E-state index in [0.717, 1.165) is 45.7 Å². The molecule has 2 aliphatic heterocycles. The predicted molar refractivity (Wildman–Crippen MR) is 91.4 cm³/mol. The lowest BCUT2D eigenvalue weighted by atomic mass is 10.2. The van der Waals surface area contributed by atoms with Crippen molar-refractivity contribution in [1.82, 2.24) is 15.1 Å². The van der Waals surface area contributed by atoms with Gasteiger partial charge in [-0.25, -0.2) is 0 Å². The van der Waals surface area contributed by atoms with Crippen molar-refractivity contribution in [2.24, 2.45) is 0 Å². The van der Waals surface area contributed by atoms with Gasteiger partial charge in [-0.1, -0.05) is 23.2 Å². The summed E-state index contributed by atoms with van der Waals surface area (Å²) >= 11 is 11.8. The van der Waals surface area contributed by atoms with Crippen LogP contribution in [0.15, 0.2) is 18.2 Å². The molecule has 23 heavy (non-hydrogen) atoms. The van der Waals surface area contributed by atoms with Crippen LogP contribution in [-0.4, -0.2) is 67.6 Å². The number of piperazine rings is 1. The molecule has 1 atom stereocenters. The van der Waals surface area contributed by atoms with Crippen molar-refractivity contribution in [2.45, 2.75) is 12.5 Å². The molecule has 1 unspecified atom stereocenters. The first-order chi connectivity index (χ1) is 11.1. The second-order valence-corrected chi connectivity index (χ2v) is 6.75. The highest BCUT2D eigenvalue weighted by molar-refractivity contribution is 6.42. The average Bonchev–Trinajstić information content (AvgIpc) is 3.06. The van der Waals surface area contributed by atoms with Crippen LogP contribution in [0.2, 0.25) is 10.0 Å². The third-order valence-corrected chi connectivity index (χ3v) is 5.18. The average molecular weight is 358 g/mol. The van der Waals surface area contributed by atoms with Gasteiger partial charge < -0.3 is 15.0 Å². The van der Waals surface area contributed by atoms with Crippen molar-refractivity contribution in [3.63, 3.8) is 0 Å². The number of ether oxygens (including phenoxy) is 1. The number of hydrogen-bond donors (Lipinski definition) is 1. The van der Waals surface area contributed by atoms with Gasteiger partial charge in [-0.15, -0.1) is 0 Å². The SMILES string of the molecule is O=C(COc1ccc(Cl)c(Cl)c1)N1CCC(N2CCNCC2)C1. The fourth-order valence-corrected chi connectivity index (χ4v) is 3.40. The Morgan fingerprint density at radius 1 is 1.22 bits per heavy atom. The van der Waals surface area contributed by atoms with E-state index < -0.39 is 0 Å².